The van der Waals surface area contributed by atoms with Crippen LogP contribution in [-0.4, -0.2) is 35.8 Å². The van der Waals surface area contributed by atoms with Crippen molar-refractivity contribution in [3.8, 4) is 5.75 Å². The fourth-order valence-electron chi connectivity index (χ4n) is 1.96. The minimum absolute atomic E-state index is 0.155. The number of anilines is 2. The van der Waals surface area contributed by atoms with Gasteiger partial charge in [-0.2, -0.15) is 14.6 Å². The van der Waals surface area contributed by atoms with E-state index in [1.807, 2.05) is 6.92 Å². The predicted molar refractivity (Wildman–Crippen MR) is 73.9 cm³/mol. The van der Waals surface area contributed by atoms with Crippen LogP contribution in [0.15, 0.2) is 30.6 Å². The highest BCUT2D eigenvalue weighted by Gasteiger charge is 2.11. The Morgan fingerprint density at radius 3 is 2.86 bits per heavy atom. The smallest absolute Gasteiger partial charge is 0.339 e. The van der Waals surface area contributed by atoms with Crippen LogP contribution in [-0.2, 0) is 0 Å². The number of aromatic hydroxyl groups is 1. The van der Waals surface area contributed by atoms with Crippen molar-refractivity contribution in [2.75, 3.05) is 5.32 Å². The van der Waals surface area contributed by atoms with E-state index in [1.54, 1.807) is 12.1 Å². The first-order valence-corrected chi connectivity index (χ1v) is 6.05. The summed E-state index contributed by atoms with van der Waals surface area (Å²) in [7, 11) is 0. The Bertz CT molecular complexity index is 843. The third-order valence-corrected chi connectivity index (χ3v) is 2.88. The van der Waals surface area contributed by atoms with E-state index in [9.17, 15) is 9.90 Å². The maximum atomic E-state index is 10.9. The summed E-state index contributed by atoms with van der Waals surface area (Å²) >= 11 is 0. The molecule has 3 rings (SSSR count). The Labute approximate surface area is 118 Å². The van der Waals surface area contributed by atoms with Gasteiger partial charge in [0, 0.05) is 23.5 Å². The monoisotopic (exact) mass is 285 g/mol. The Morgan fingerprint density at radius 1 is 1.33 bits per heavy atom. The molecule has 0 aliphatic heterocycles. The molecule has 3 aromatic rings. The average molecular weight is 285 g/mol. The van der Waals surface area contributed by atoms with Crippen LogP contribution in [0, 0.1) is 6.92 Å². The number of carbonyl (C=O) groups is 1. The molecule has 0 saturated heterocycles. The Morgan fingerprint density at radius 2 is 2.14 bits per heavy atom. The quantitative estimate of drug-likeness (QED) is 0.669. The van der Waals surface area contributed by atoms with Gasteiger partial charge in [0.2, 0.25) is 0 Å². The molecule has 0 amide bonds. The maximum absolute atomic E-state index is 10.9. The Balaban J connectivity index is 2.00. The summed E-state index contributed by atoms with van der Waals surface area (Å²) in [5, 5.41) is 25.7. The zero-order valence-corrected chi connectivity index (χ0v) is 11.0. The normalized spacial score (nSPS) is 10.7. The minimum atomic E-state index is -1.18. The second-order valence-electron chi connectivity index (χ2n) is 4.42. The zero-order valence-electron chi connectivity index (χ0n) is 11.0. The maximum Gasteiger partial charge on any atom is 0.339 e. The SMILES string of the molecule is Cc1cc(Nc2ccc(C(=O)O)c(O)c2)n2ncnc2n1. The zero-order chi connectivity index (χ0) is 15.0. The molecule has 21 heavy (non-hydrogen) atoms. The fourth-order valence-corrected chi connectivity index (χ4v) is 1.96. The molecule has 8 nitrogen and oxygen atoms in total. The summed E-state index contributed by atoms with van der Waals surface area (Å²) in [6, 6.07) is 5.99. The lowest BCUT2D eigenvalue weighted by Crippen LogP contribution is -2.03. The number of aromatic carboxylic acids is 1. The van der Waals surface area contributed by atoms with Crippen LogP contribution in [0.2, 0.25) is 0 Å². The molecule has 8 heteroatoms. The highest BCUT2D eigenvalue weighted by atomic mass is 16.4. The van der Waals surface area contributed by atoms with Crippen LogP contribution in [0.25, 0.3) is 5.78 Å². The van der Waals surface area contributed by atoms with Crippen molar-refractivity contribution in [2.24, 2.45) is 0 Å². The van der Waals surface area contributed by atoms with Gasteiger partial charge in [-0.25, -0.2) is 9.78 Å². The molecule has 0 radical (unpaired) electrons. The number of aromatic nitrogens is 4. The molecule has 0 atom stereocenters. The standard InChI is InChI=1S/C13H11N5O3/c1-7-4-11(18-13(16-7)14-6-15-18)17-8-2-3-9(12(20)21)10(19)5-8/h2-6,17,19H,1H3,(H,20,21). The molecule has 0 aliphatic rings. The van der Waals surface area contributed by atoms with Crippen molar-refractivity contribution < 1.29 is 15.0 Å². The van der Waals surface area contributed by atoms with Crippen molar-refractivity contribution in [1.82, 2.24) is 19.6 Å². The first-order chi connectivity index (χ1) is 10.0. The van der Waals surface area contributed by atoms with Gasteiger partial charge in [-0.3, -0.25) is 0 Å². The van der Waals surface area contributed by atoms with Crippen molar-refractivity contribution in [3.63, 3.8) is 0 Å². The number of nitrogens with one attached hydrogen (secondary N) is 1. The predicted octanol–water partition coefficient (Wildman–Crippen LogP) is 1.58. The third kappa shape index (κ3) is 2.34. The summed E-state index contributed by atoms with van der Waals surface area (Å²) in [5.41, 5.74) is 1.13. The van der Waals surface area contributed by atoms with Crippen LogP contribution >= 0.6 is 0 Å². The van der Waals surface area contributed by atoms with Gasteiger partial charge in [0.1, 0.15) is 23.5 Å². The van der Waals surface area contributed by atoms with Gasteiger partial charge >= 0.3 is 5.97 Å². The summed E-state index contributed by atoms with van der Waals surface area (Å²) in [4.78, 5) is 19.1. The van der Waals surface area contributed by atoms with E-state index in [2.05, 4.69) is 20.4 Å². The lowest BCUT2D eigenvalue weighted by atomic mass is 10.2. The largest absolute Gasteiger partial charge is 0.507 e. The second kappa shape index (κ2) is 4.75. The molecule has 0 fully saturated rings. The molecule has 2 aromatic heterocycles. The number of fused-ring (bicyclic) bond motifs is 1. The van der Waals surface area contributed by atoms with Crippen LogP contribution in [0.3, 0.4) is 0 Å². The number of rotatable bonds is 3. The second-order valence-corrected chi connectivity index (χ2v) is 4.42. The van der Waals surface area contributed by atoms with E-state index in [-0.39, 0.29) is 11.3 Å². The Kier molecular flexibility index (Phi) is 2.90. The van der Waals surface area contributed by atoms with Crippen LogP contribution in [0.1, 0.15) is 16.1 Å². The third-order valence-electron chi connectivity index (χ3n) is 2.88. The molecule has 106 valence electrons. The molecule has 0 saturated carbocycles. The summed E-state index contributed by atoms with van der Waals surface area (Å²) in [6.07, 6.45) is 1.39. The van der Waals surface area contributed by atoms with Gasteiger partial charge in [0.05, 0.1) is 0 Å². The van der Waals surface area contributed by atoms with Crippen LogP contribution < -0.4 is 5.32 Å². The number of carboxylic acids is 1. The van der Waals surface area contributed by atoms with E-state index >= 15 is 0 Å². The van der Waals surface area contributed by atoms with Gasteiger partial charge < -0.3 is 15.5 Å². The highest BCUT2D eigenvalue weighted by Crippen LogP contribution is 2.24. The number of aryl methyl sites for hydroxylation is 1. The lowest BCUT2D eigenvalue weighted by Gasteiger charge is -2.09. The number of nitrogens with zero attached hydrogens (tertiary/aromatic N) is 4. The van der Waals surface area contributed by atoms with Crippen LogP contribution in [0.5, 0.6) is 5.75 Å². The number of carboxylic acid groups (broad SMARTS) is 1. The Hall–Kier alpha value is -3.16. The molecule has 0 unspecified atom stereocenters. The molecular weight excluding hydrogens is 274 g/mol. The molecule has 3 N–H and O–H groups in total. The van der Waals surface area contributed by atoms with Gasteiger partial charge in [0.25, 0.3) is 5.78 Å². The van der Waals surface area contributed by atoms with E-state index in [0.717, 1.165) is 5.69 Å². The van der Waals surface area contributed by atoms with Gasteiger partial charge in [-0.05, 0) is 19.1 Å². The summed E-state index contributed by atoms with van der Waals surface area (Å²) in [6.45, 7) is 1.82. The first kappa shape index (κ1) is 12.9. The fraction of sp³-hybridized carbons (Fsp3) is 0.0769. The lowest BCUT2D eigenvalue weighted by molar-refractivity contribution is 0.0694. The molecule has 0 aliphatic carbocycles. The van der Waals surface area contributed by atoms with Crippen molar-refractivity contribution in [2.45, 2.75) is 6.92 Å². The van der Waals surface area contributed by atoms with E-state index in [1.165, 1.54) is 23.0 Å². The molecule has 0 spiro atoms. The first-order valence-electron chi connectivity index (χ1n) is 6.05. The summed E-state index contributed by atoms with van der Waals surface area (Å²) < 4.78 is 1.51. The van der Waals surface area contributed by atoms with Crippen molar-refractivity contribution in [3.05, 3.63) is 41.9 Å². The van der Waals surface area contributed by atoms with Crippen LogP contribution in [0.4, 0.5) is 11.5 Å². The molecule has 2 heterocycles. The molecular formula is C13H11N5O3. The molecule has 1 aromatic carbocycles. The molecule has 0 bridgehead atoms. The highest BCUT2D eigenvalue weighted by molar-refractivity contribution is 5.91. The van der Waals surface area contributed by atoms with E-state index in [0.29, 0.717) is 17.3 Å². The van der Waals surface area contributed by atoms with E-state index in [4.69, 9.17) is 5.11 Å². The topological polar surface area (TPSA) is 113 Å². The van der Waals surface area contributed by atoms with Gasteiger partial charge in [-0.15, -0.1) is 0 Å². The van der Waals surface area contributed by atoms with Crippen molar-refractivity contribution >= 4 is 23.3 Å². The van der Waals surface area contributed by atoms with E-state index < -0.39 is 5.97 Å². The van der Waals surface area contributed by atoms with Crippen molar-refractivity contribution in [1.29, 1.82) is 0 Å². The minimum Gasteiger partial charge on any atom is -0.507 e. The number of hydrogen-bond acceptors (Lipinski definition) is 6. The number of phenols is 1. The summed E-state index contributed by atoms with van der Waals surface area (Å²) in [5.74, 6) is -0.438. The average Bonchev–Trinajstić information content (AvgIpc) is 2.86. The van der Waals surface area contributed by atoms with Gasteiger partial charge in [0.15, 0.2) is 0 Å². The van der Waals surface area contributed by atoms with Gasteiger partial charge in [-0.1, -0.05) is 0 Å². The number of benzene rings is 1. The number of hydrogen-bond donors (Lipinski definition) is 3.